The summed E-state index contributed by atoms with van der Waals surface area (Å²) in [5.74, 6) is 2.68. The van der Waals surface area contributed by atoms with Crippen LogP contribution in [0.15, 0.2) is 0 Å². The van der Waals surface area contributed by atoms with Gasteiger partial charge in [-0.15, -0.1) is 0 Å². The van der Waals surface area contributed by atoms with Crippen LogP contribution >= 0.6 is 23.5 Å². The van der Waals surface area contributed by atoms with Crippen molar-refractivity contribution in [2.24, 2.45) is 0 Å². The lowest BCUT2D eigenvalue weighted by atomic mass is 10.1. The van der Waals surface area contributed by atoms with Gasteiger partial charge >= 0.3 is 0 Å². The molecule has 1 N–H and O–H groups in total. The zero-order valence-electron chi connectivity index (χ0n) is 9.42. The summed E-state index contributed by atoms with van der Waals surface area (Å²) in [6, 6.07) is 0.801. The van der Waals surface area contributed by atoms with Crippen molar-refractivity contribution in [3.63, 3.8) is 0 Å². The maximum Gasteiger partial charge on any atom is 0.0168 e. The number of nitrogens with one attached hydrogen (secondary N) is 1. The number of rotatable bonds is 7. The zero-order valence-corrected chi connectivity index (χ0v) is 11.1. The number of thioether (sulfide) groups is 2. The second-order valence-corrected chi connectivity index (χ2v) is 6.25. The van der Waals surface area contributed by atoms with Gasteiger partial charge in [0.05, 0.1) is 0 Å². The fraction of sp³-hybridized carbons (Fsp3) is 1.00. The molecule has 0 saturated carbocycles. The molecule has 2 atom stereocenters. The van der Waals surface area contributed by atoms with Gasteiger partial charge in [0.15, 0.2) is 0 Å². The molecule has 0 radical (unpaired) electrons. The van der Waals surface area contributed by atoms with Gasteiger partial charge in [-0.2, -0.15) is 23.5 Å². The van der Waals surface area contributed by atoms with Crippen molar-refractivity contribution in [3.05, 3.63) is 0 Å². The third-order valence-electron chi connectivity index (χ3n) is 2.70. The second kappa shape index (κ2) is 7.89. The molecule has 84 valence electrons. The predicted octanol–water partition coefficient (Wildman–Crippen LogP) is 3.00. The lowest BCUT2D eigenvalue weighted by molar-refractivity contribution is 0.531. The maximum atomic E-state index is 3.55. The average Bonchev–Trinajstić information content (AvgIpc) is 2.61. The maximum absolute atomic E-state index is 3.55. The summed E-state index contributed by atoms with van der Waals surface area (Å²) in [6.45, 7) is 3.33. The van der Waals surface area contributed by atoms with E-state index in [0.29, 0.717) is 0 Å². The van der Waals surface area contributed by atoms with Gasteiger partial charge in [-0.05, 0) is 37.8 Å². The highest BCUT2D eigenvalue weighted by molar-refractivity contribution is 8.00. The Bertz CT molecular complexity index is 141. The van der Waals surface area contributed by atoms with Gasteiger partial charge in [-0.1, -0.05) is 13.3 Å². The van der Waals surface area contributed by atoms with Gasteiger partial charge in [-0.25, -0.2) is 0 Å². The smallest absolute Gasteiger partial charge is 0.0168 e. The summed E-state index contributed by atoms with van der Waals surface area (Å²) in [4.78, 5) is 0. The predicted molar refractivity (Wildman–Crippen MR) is 70.6 cm³/mol. The van der Waals surface area contributed by atoms with Crippen molar-refractivity contribution >= 4 is 23.5 Å². The highest BCUT2D eigenvalue weighted by Crippen LogP contribution is 2.30. The van der Waals surface area contributed by atoms with Crippen molar-refractivity contribution in [3.8, 4) is 0 Å². The summed E-state index contributed by atoms with van der Waals surface area (Å²) in [6.07, 6.45) is 7.87. The van der Waals surface area contributed by atoms with Crippen LogP contribution in [0.4, 0.5) is 0 Å². The van der Waals surface area contributed by atoms with Crippen molar-refractivity contribution in [2.45, 2.75) is 43.9 Å². The Morgan fingerprint density at radius 1 is 1.43 bits per heavy atom. The highest BCUT2D eigenvalue weighted by Gasteiger charge is 2.23. The molecule has 1 aliphatic rings. The van der Waals surface area contributed by atoms with Gasteiger partial charge < -0.3 is 5.32 Å². The first-order chi connectivity index (χ1) is 6.86. The molecule has 1 aliphatic heterocycles. The summed E-state index contributed by atoms with van der Waals surface area (Å²) in [7, 11) is 0. The lowest BCUT2D eigenvalue weighted by Gasteiger charge is -2.10. The fourth-order valence-corrected chi connectivity index (χ4v) is 3.91. The molecule has 2 unspecified atom stereocenters. The monoisotopic (exact) mass is 233 g/mol. The summed E-state index contributed by atoms with van der Waals surface area (Å²) in [5.41, 5.74) is 0. The molecule has 1 nitrogen and oxygen atoms in total. The average molecular weight is 233 g/mol. The molecule has 0 amide bonds. The molecule has 0 bridgehead atoms. The highest BCUT2D eigenvalue weighted by atomic mass is 32.2. The summed E-state index contributed by atoms with van der Waals surface area (Å²) in [5, 5.41) is 4.50. The Morgan fingerprint density at radius 2 is 2.29 bits per heavy atom. The minimum atomic E-state index is 0.801. The topological polar surface area (TPSA) is 12.0 Å². The van der Waals surface area contributed by atoms with Crippen LogP contribution < -0.4 is 5.32 Å². The van der Waals surface area contributed by atoms with Crippen molar-refractivity contribution in [1.82, 2.24) is 5.32 Å². The Labute approximate surface area is 97.2 Å². The molecule has 14 heavy (non-hydrogen) atoms. The lowest BCUT2D eigenvalue weighted by Crippen LogP contribution is -2.28. The molecule has 0 spiro atoms. The van der Waals surface area contributed by atoms with Gasteiger partial charge in [-0.3, -0.25) is 0 Å². The van der Waals surface area contributed by atoms with Gasteiger partial charge in [0.25, 0.3) is 0 Å². The fourth-order valence-electron chi connectivity index (χ4n) is 1.96. The Hall–Kier alpha value is 0.660. The molecule has 3 heteroatoms. The van der Waals surface area contributed by atoms with E-state index in [1.54, 1.807) is 0 Å². The first-order valence-corrected chi connectivity index (χ1v) is 8.15. The SMILES string of the molecule is CCNC1CSC(CCCCSC)C1. The minimum absolute atomic E-state index is 0.801. The summed E-state index contributed by atoms with van der Waals surface area (Å²) >= 11 is 4.15. The second-order valence-electron chi connectivity index (χ2n) is 3.93. The van der Waals surface area contributed by atoms with Crippen LogP contribution in [0.3, 0.4) is 0 Å². The largest absolute Gasteiger partial charge is 0.313 e. The Balaban J connectivity index is 1.98. The van der Waals surface area contributed by atoms with E-state index in [0.717, 1.165) is 17.8 Å². The Kier molecular flexibility index (Phi) is 7.17. The van der Waals surface area contributed by atoms with E-state index >= 15 is 0 Å². The molecular weight excluding hydrogens is 210 g/mol. The third-order valence-corrected chi connectivity index (χ3v) is 4.89. The van der Waals surface area contributed by atoms with E-state index in [9.17, 15) is 0 Å². The molecule has 1 rings (SSSR count). The van der Waals surface area contributed by atoms with Crippen LogP contribution in [0.1, 0.15) is 32.6 Å². The normalized spacial score (nSPS) is 27.0. The van der Waals surface area contributed by atoms with Crippen molar-refractivity contribution < 1.29 is 0 Å². The van der Waals surface area contributed by atoms with E-state index < -0.39 is 0 Å². The van der Waals surface area contributed by atoms with E-state index in [2.05, 4.69) is 30.3 Å². The van der Waals surface area contributed by atoms with Gasteiger partial charge in [0, 0.05) is 17.0 Å². The molecule has 0 aromatic rings. The number of hydrogen-bond donors (Lipinski definition) is 1. The van der Waals surface area contributed by atoms with E-state index in [4.69, 9.17) is 0 Å². The quantitative estimate of drug-likeness (QED) is 0.679. The van der Waals surface area contributed by atoms with Crippen molar-refractivity contribution in [1.29, 1.82) is 0 Å². The molecule has 0 aliphatic carbocycles. The van der Waals surface area contributed by atoms with Crippen LogP contribution in [0, 0.1) is 0 Å². The van der Waals surface area contributed by atoms with Crippen LogP contribution in [0.25, 0.3) is 0 Å². The van der Waals surface area contributed by atoms with E-state index in [1.807, 2.05) is 11.8 Å². The van der Waals surface area contributed by atoms with Gasteiger partial charge in [0.1, 0.15) is 0 Å². The first-order valence-electron chi connectivity index (χ1n) is 5.70. The molecular formula is C11H23NS2. The number of unbranched alkanes of at least 4 members (excludes halogenated alkanes) is 1. The van der Waals surface area contributed by atoms with Crippen LogP contribution in [-0.4, -0.2) is 35.6 Å². The van der Waals surface area contributed by atoms with E-state index in [-0.39, 0.29) is 0 Å². The van der Waals surface area contributed by atoms with Crippen LogP contribution in [-0.2, 0) is 0 Å². The molecule has 0 aromatic heterocycles. The minimum Gasteiger partial charge on any atom is -0.313 e. The molecule has 0 aromatic carbocycles. The zero-order chi connectivity index (χ0) is 10.2. The van der Waals surface area contributed by atoms with E-state index in [1.165, 1.54) is 37.2 Å². The van der Waals surface area contributed by atoms with Crippen molar-refractivity contribution in [2.75, 3.05) is 24.3 Å². The number of hydrogen-bond acceptors (Lipinski definition) is 3. The first kappa shape index (κ1) is 12.7. The van der Waals surface area contributed by atoms with Gasteiger partial charge in [0.2, 0.25) is 0 Å². The van der Waals surface area contributed by atoms with Crippen LogP contribution in [0.2, 0.25) is 0 Å². The molecule has 1 heterocycles. The standard InChI is InChI=1S/C11H23NS2/c1-3-12-10-8-11(14-9-10)6-4-5-7-13-2/h10-12H,3-9H2,1-2H3. The third kappa shape index (κ3) is 4.94. The molecule has 1 saturated heterocycles. The molecule has 1 fully saturated rings. The Morgan fingerprint density at radius 3 is 3.00 bits per heavy atom. The summed E-state index contributed by atoms with van der Waals surface area (Å²) < 4.78 is 0. The van der Waals surface area contributed by atoms with Crippen LogP contribution in [0.5, 0.6) is 0 Å².